The van der Waals surface area contributed by atoms with Crippen molar-refractivity contribution in [1.29, 1.82) is 0 Å². The minimum atomic E-state index is -0.394. The third kappa shape index (κ3) is 2.32. The summed E-state index contributed by atoms with van der Waals surface area (Å²) in [6.45, 7) is 4.06. The van der Waals surface area contributed by atoms with E-state index in [4.69, 9.17) is 11.5 Å². The summed E-state index contributed by atoms with van der Waals surface area (Å²) < 4.78 is 1.94. The van der Waals surface area contributed by atoms with Gasteiger partial charge in [0.2, 0.25) is 5.91 Å². The van der Waals surface area contributed by atoms with Gasteiger partial charge in [-0.25, -0.2) is 4.98 Å². The molecule has 1 aromatic heterocycles. The third-order valence-corrected chi connectivity index (χ3v) is 2.05. The second kappa shape index (κ2) is 4.23. The molecule has 0 unspecified atom stereocenters. The van der Waals surface area contributed by atoms with Gasteiger partial charge in [0.1, 0.15) is 0 Å². The predicted molar refractivity (Wildman–Crippen MR) is 53.4 cm³/mol. The highest BCUT2D eigenvalue weighted by atomic mass is 16.1. The molecule has 4 N–H and O–H groups in total. The van der Waals surface area contributed by atoms with Crippen molar-refractivity contribution in [1.82, 2.24) is 9.55 Å². The van der Waals surface area contributed by atoms with Crippen molar-refractivity contribution in [3.8, 4) is 0 Å². The van der Waals surface area contributed by atoms with Gasteiger partial charge in [-0.1, -0.05) is 0 Å². The number of nitrogens with zero attached hydrogens (tertiary/aromatic N) is 2. The normalized spacial score (nSPS) is 13.1. The van der Waals surface area contributed by atoms with Crippen molar-refractivity contribution in [3.05, 3.63) is 18.2 Å². The van der Waals surface area contributed by atoms with Crippen LogP contribution in [0, 0.1) is 0 Å². The lowest BCUT2D eigenvalue weighted by Gasteiger charge is -2.15. The minimum Gasteiger partial charge on any atom is -0.370 e. The van der Waals surface area contributed by atoms with Crippen LogP contribution in [0.15, 0.2) is 12.5 Å². The lowest BCUT2D eigenvalue weighted by Crippen LogP contribution is -2.23. The molecule has 0 saturated carbocycles. The lowest BCUT2D eigenvalue weighted by molar-refractivity contribution is -0.118. The highest BCUT2D eigenvalue weighted by Crippen LogP contribution is 2.17. The number of primary amides is 1. The molecule has 0 fully saturated rings. The summed E-state index contributed by atoms with van der Waals surface area (Å²) in [6, 6.07) is -0.0798. The molecule has 0 saturated heterocycles. The fraction of sp³-hybridized carbons (Fsp3) is 0.556. The Morgan fingerprint density at radius 3 is 2.79 bits per heavy atom. The zero-order valence-electron chi connectivity index (χ0n) is 8.47. The van der Waals surface area contributed by atoms with E-state index >= 15 is 0 Å². The first-order valence-corrected chi connectivity index (χ1v) is 4.58. The van der Waals surface area contributed by atoms with E-state index in [9.17, 15) is 4.79 Å². The Bertz CT molecular complexity index is 318. The highest BCUT2D eigenvalue weighted by Gasteiger charge is 2.14. The summed E-state index contributed by atoms with van der Waals surface area (Å²) in [5.41, 5.74) is 11.7. The van der Waals surface area contributed by atoms with Gasteiger partial charge in [-0.2, -0.15) is 0 Å². The Balaban J connectivity index is 2.83. The maximum atomic E-state index is 10.7. The van der Waals surface area contributed by atoms with E-state index in [2.05, 4.69) is 4.98 Å². The van der Waals surface area contributed by atoms with E-state index < -0.39 is 5.91 Å². The van der Waals surface area contributed by atoms with Crippen LogP contribution < -0.4 is 11.5 Å². The van der Waals surface area contributed by atoms with Crippen molar-refractivity contribution in [2.75, 3.05) is 0 Å². The second-order valence-corrected chi connectivity index (χ2v) is 3.60. The molecule has 14 heavy (non-hydrogen) atoms. The average Bonchev–Trinajstić information content (AvgIpc) is 2.49. The van der Waals surface area contributed by atoms with Gasteiger partial charge in [0, 0.05) is 18.7 Å². The first kappa shape index (κ1) is 10.7. The summed E-state index contributed by atoms with van der Waals surface area (Å²) in [5, 5.41) is 0. The smallest absolute Gasteiger partial charge is 0.219 e. The second-order valence-electron chi connectivity index (χ2n) is 3.60. The van der Waals surface area contributed by atoms with Crippen molar-refractivity contribution in [2.45, 2.75) is 32.4 Å². The molecule has 78 valence electrons. The van der Waals surface area contributed by atoms with E-state index in [0.29, 0.717) is 0 Å². The summed E-state index contributed by atoms with van der Waals surface area (Å²) in [6.07, 6.45) is 3.53. The number of amides is 1. The van der Waals surface area contributed by atoms with Crippen LogP contribution in [-0.4, -0.2) is 15.5 Å². The van der Waals surface area contributed by atoms with Crippen LogP contribution in [0.25, 0.3) is 0 Å². The lowest BCUT2D eigenvalue weighted by atomic mass is 10.1. The maximum absolute atomic E-state index is 10.7. The van der Waals surface area contributed by atoms with Crippen molar-refractivity contribution >= 4 is 5.91 Å². The molecule has 0 radical (unpaired) electrons. The van der Waals surface area contributed by atoms with Gasteiger partial charge in [0.15, 0.2) is 0 Å². The molecule has 5 nitrogen and oxygen atoms in total. The van der Waals surface area contributed by atoms with Gasteiger partial charge >= 0.3 is 0 Å². The molecular weight excluding hydrogens is 180 g/mol. The van der Waals surface area contributed by atoms with E-state index in [1.165, 1.54) is 0 Å². The Morgan fingerprint density at radius 1 is 1.64 bits per heavy atom. The highest BCUT2D eigenvalue weighted by molar-refractivity contribution is 5.74. The number of hydrogen-bond donors (Lipinski definition) is 2. The summed E-state index contributed by atoms with van der Waals surface area (Å²) in [5.74, 6) is -0.394. The fourth-order valence-electron chi connectivity index (χ4n) is 1.35. The summed E-state index contributed by atoms with van der Waals surface area (Å²) in [4.78, 5) is 14.7. The molecule has 1 amide bonds. The summed E-state index contributed by atoms with van der Waals surface area (Å²) >= 11 is 0. The average molecular weight is 196 g/mol. The topological polar surface area (TPSA) is 86.9 Å². The van der Waals surface area contributed by atoms with Gasteiger partial charge in [-0.05, 0) is 13.8 Å². The molecule has 1 aromatic rings. The Hall–Kier alpha value is -1.36. The van der Waals surface area contributed by atoms with Gasteiger partial charge < -0.3 is 16.0 Å². The SMILES string of the molecule is CC(C)n1cncc1[C@H](N)CC(N)=O. The first-order valence-electron chi connectivity index (χ1n) is 4.58. The molecule has 1 atom stereocenters. The molecule has 1 heterocycles. The Kier molecular flexibility index (Phi) is 3.24. The maximum Gasteiger partial charge on any atom is 0.219 e. The van der Waals surface area contributed by atoms with E-state index in [1.807, 2.05) is 18.4 Å². The van der Waals surface area contributed by atoms with Gasteiger partial charge in [-0.3, -0.25) is 4.79 Å². The molecular formula is C9H16N4O. The van der Waals surface area contributed by atoms with Crippen LogP contribution in [-0.2, 0) is 4.79 Å². The third-order valence-electron chi connectivity index (χ3n) is 2.05. The number of rotatable bonds is 4. The molecule has 0 aliphatic carbocycles. The molecule has 0 aliphatic rings. The predicted octanol–water partition coefficient (Wildman–Crippen LogP) is 0.339. The van der Waals surface area contributed by atoms with Crippen molar-refractivity contribution in [3.63, 3.8) is 0 Å². The molecule has 1 rings (SSSR count). The van der Waals surface area contributed by atoms with Crippen LogP contribution >= 0.6 is 0 Å². The molecule has 0 bridgehead atoms. The molecule has 0 spiro atoms. The number of aromatic nitrogens is 2. The number of nitrogens with two attached hydrogens (primary N) is 2. The summed E-state index contributed by atoms with van der Waals surface area (Å²) in [7, 11) is 0. The van der Waals surface area contributed by atoms with Crippen LogP contribution in [0.4, 0.5) is 0 Å². The quantitative estimate of drug-likeness (QED) is 0.728. The number of imidazole rings is 1. The standard InChI is InChI=1S/C9H16N4O/c1-6(2)13-5-12-4-8(13)7(10)3-9(11)14/h4-7H,3,10H2,1-2H3,(H2,11,14)/t7-/m1/s1. The van der Waals surface area contributed by atoms with Crippen LogP contribution in [0.3, 0.4) is 0 Å². The van der Waals surface area contributed by atoms with Gasteiger partial charge in [0.25, 0.3) is 0 Å². The van der Waals surface area contributed by atoms with E-state index in [-0.39, 0.29) is 18.5 Å². The zero-order chi connectivity index (χ0) is 10.7. The number of hydrogen-bond acceptors (Lipinski definition) is 3. The van der Waals surface area contributed by atoms with Crippen LogP contribution in [0.5, 0.6) is 0 Å². The number of carbonyl (C=O) groups excluding carboxylic acids is 1. The molecule has 5 heteroatoms. The van der Waals surface area contributed by atoms with Gasteiger partial charge in [-0.15, -0.1) is 0 Å². The Morgan fingerprint density at radius 2 is 2.29 bits per heavy atom. The van der Waals surface area contributed by atoms with Crippen LogP contribution in [0.2, 0.25) is 0 Å². The van der Waals surface area contributed by atoms with Crippen LogP contribution in [0.1, 0.15) is 38.0 Å². The van der Waals surface area contributed by atoms with Gasteiger partial charge in [0.05, 0.1) is 18.1 Å². The Labute approximate surface area is 83.1 Å². The number of carbonyl (C=O) groups is 1. The largest absolute Gasteiger partial charge is 0.370 e. The van der Waals surface area contributed by atoms with Crippen molar-refractivity contribution in [2.24, 2.45) is 11.5 Å². The molecule has 0 aliphatic heterocycles. The molecule has 0 aromatic carbocycles. The van der Waals surface area contributed by atoms with Crippen molar-refractivity contribution < 1.29 is 4.79 Å². The monoisotopic (exact) mass is 196 g/mol. The first-order chi connectivity index (χ1) is 6.52. The van der Waals surface area contributed by atoms with E-state index in [1.54, 1.807) is 12.5 Å². The fourth-order valence-corrected chi connectivity index (χ4v) is 1.35. The zero-order valence-corrected chi connectivity index (χ0v) is 8.47. The minimum absolute atomic E-state index is 0.151. The van der Waals surface area contributed by atoms with E-state index in [0.717, 1.165) is 5.69 Å².